The number of anilines is 1. The van der Waals surface area contributed by atoms with E-state index in [-0.39, 0.29) is 17.2 Å². The molecule has 1 amide bonds. The highest BCUT2D eigenvalue weighted by molar-refractivity contribution is 8.00. The van der Waals surface area contributed by atoms with Crippen LogP contribution in [0.5, 0.6) is 0 Å². The van der Waals surface area contributed by atoms with E-state index in [0.29, 0.717) is 33.2 Å². The number of carbonyl (C=O) groups is 2. The van der Waals surface area contributed by atoms with Crippen LogP contribution in [-0.2, 0) is 16.0 Å². The molecule has 1 N–H and O–H groups in total. The zero-order valence-electron chi connectivity index (χ0n) is 19.2. The summed E-state index contributed by atoms with van der Waals surface area (Å²) in [5.74, 6) is -0.554. The van der Waals surface area contributed by atoms with Gasteiger partial charge in [0, 0.05) is 17.4 Å². The molecule has 0 spiro atoms. The van der Waals surface area contributed by atoms with Crippen molar-refractivity contribution in [2.45, 2.75) is 42.5 Å². The molecule has 2 heterocycles. The van der Waals surface area contributed by atoms with E-state index in [2.05, 4.69) is 12.2 Å². The molecule has 1 aromatic heterocycles. The second-order valence-electron chi connectivity index (χ2n) is 7.91. The maximum atomic E-state index is 13.3. The highest BCUT2D eigenvalue weighted by atomic mass is 32.2. The number of benzene rings is 2. The molecule has 1 atom stereocenters. The van der Waals surface area contributed by atoms with Crippen LogP contribution in [0.2, 0.25) is 0 Å². The van der Waals surface area contributed by atoms with Crippen LogP contribution in [0, 0.1) is 6.92 Å². The number of esters is 1. The van der Waals surface area contributed by atoms with Crippen LogP contribution in [0.3, 0.4) is 0 Å². The van der Waals surface area contributed by atoms with Gasteiger partial charge in [-0.25, -0.2) is 9.78 Å². The molecule has 0 saturated heterocycles. The van der Waals surface area contributed by atoms with Crippen molar-refractivity contribution in [3.63, 3.8) is 0 Å². The summed E-state index contributed by atoms with van der Waals surface area (Å²) in [6, 6.07) is 14.2. The van der Waals surface area contributed by atoms with Gasteiger partial charge in [-0.05, 0) is 50.2 Å². The van der Waals surface area contributed by atoms with Gasteiger partial charge < -0.3 is 10.1 Å². The third kappa shape index (κ3) is 5.37. The van der Waals surface area contributed by atoms with Gasteiger partial charge in [0.1, 0.15) is 0 Å². The Kier molecular flexibility index (Phi) is 7.43. The minimum absolute atomic E-state index is 0.0828. The monoisotopic (exact) mass is 495 g/mol. The minimum Gasteiger partial charge on any atom is -0.462 e. The van der Waals surface area contributed by atoms with Crippen LogP contribution >= 0.6 is 23.5 Å². The summed E-state index contributed by atoms with van der Waals surface area (Å²) in [6.45, 7) is 6.12. The van der Waals surface area contributed by atoms with Crippen molar-refractivity contribution >= 4 is 41.1 Å². The SMILES string of the molecule is CCOC(=O)c1ccc(NC(=O)CSc2nc3c(c(=O)n2-c2ccc(C)cc2)SC(C)C3)cc1. The Morgan fingerprint density at radius 3 is 2.56 bits per heavy atom. The average Bonchev–Trinajstić information content (AvgIpc) is 3.20. The van der Waals surface area contributed by atoms with Gasteiger partial charge in [-0.1, -0.05) is 36.4 Å². The molecule has 176 valence electrons. The quantitative estimate of drug-likeness (QED) is 0.293. The van der Waals surface area contributed by atoms with Gasteiger partial charge in [-0.3, -0.25) is 14.2 Å². The Labute approximate surface area is 206 Å². The number of nitrogens with one attached hydrogen (secondary N) is 1. The molecule has 9 heteroatoms. The van der Waals surface area contributed by atoms with E-state index in [9.17, 15) is 14.4 Å². The van der Waals surface area contributed by atoms with Crippen LogP contribution < -0.4 is 10.9 Å². The number of thioether (sulfide) groups is 2. The van der Waals surface area contributed by atoms with E-state index in [0.717, 1.165) is 23.4 Å². The maximum Gasteiger partial charge on any atom is 0.338 e. The summed E-state index contributed by atoms with van der Waals surface area (Å²) in [5, 5.41) is 3.61. The van der Waals surface area contributed by atoms with E-state index in [1.165, 1.54) is 11.8 Å². The molecular formula is C25H25N3O4S2. The lowest BCUT2D eigenvalue weighted by Crippen LogP contribution is -2.24. The number of hydrogen-bond acceptors (Lipinski definition) is 7. The Bertz CT molecular complexity index is 1270. The smallest absolute Gasteiger partial charge is 0.338 e. The van der Waals surface area contributed by atoms with Gasteiger partial charge in [-0.15, -0.1) is 11.8 Å². The third-order valence-electron chi connectivity index (χ3n) is 5.19. The molecule has 4 rings (SSSR count). The van der Waals surface area contributed by atoms with Gasteiger partial charge >= 0.3 is 5.97 Å². The van der Waals surface area contributed by atoms with E-state index in [1.54, 1.807) is 47.5 Å². The molecule has 7 nitrogen and oxygen atoms in total. The molecule has 2 aromatic carbocycles. The predicted molar refractivity (Wildman–Crippen MR) is 135 cm³/mol. The number of ether oxygens (including phenoxy) is 1. The van der Waals surface area contributed by atoms with E-state index < -0.39 is 5.97 Å². The Morgan fingerprint density at radius 2 is 1.88 bits per heavy atom. The zero-order valence-corrected chi connectivity index (χ0v) is 20.8. The first-order chi connectivity index (χ1) is 16.4. The predicted octanol–water partition coefficient (Wildman–Crippen LogP) is 4.49. The fourth-order valence-electron chi connectivity index (χ4n) is 3.55. The van der Waals surface area contributed by atoms with E-state index >= 15 is 0 Å². The standard InChI is InChI=1S/C25H25N3O4S2/c1-4-32-24(31)17-7-9-18(10-8-17)26-21(29)14-33-25-27-20-13-16(3)34-22(20)23(30)28(25)19-11-5-15(2)6-12-19/h5-12,16H,4,13-14H2,1-3H3,(H,26,29). The van der Waals surface area contributed by atoms with Crippen molar-refractivity contribution in [3.8, 4) is 5.69 Å². The van der Waals surface area contributed by atoms with Crippen LogP contribution in [-0.4, -0.2) is 39.0 Å². The molecule has 0 fully saturated rings. The summed E-state index contributed by atoms with van der Waals surface area (Å²) in [4.78, 5) is 43.2. The number of nitrogens with zero attached hydrogens (tertiary/aromatic N) is 2. The normalized spacial score (nSPS) is 14.5. The molecule has 1 unspecified atom stereocenters. The molecule has 1 aliphatic heterocycles. The lowest BCUT2D eigenvalue weighted by molar-refractivity contribution is -0.113. The second-order valence-corrected chi connectivity index (χ2v) is 10.3. The summed E-state index contributed by atoms with van der Waals surface area (Å²) >= 11 is 2.78. The van der Waals surface area contributed by atoms with Crippen LogP contribution in [0.15, 0.2) is 63.4 Å². The zero-order chi connectivity index (χ0) is 24.2. The van der Waals surface area contributed by atoms with Gasteiger partial charge in [0.2, 0.25) is 5.91 Å². The Balaban J connectivity index is 1.52. The topological polar surface area (TPSA) is 90.3 Å². The fourth-order valence-corrected chi connectivity index (χ4v) is 5.47. The number of fused-ring (bicyclic) bond motifs is 1. The average molecular weight is 496 g/mol. The van der Waals surface area contributed by atoms with Crippen molar-refractivity contribution in [2.75, 3.05) is 17.7 Å². The Morgan fingerprint density at radius 1 is 1.18 bits per heavy atom. The van der Waals surface area contributed by atoms with Crippen LogP contribution in [0.25, 0.3) is 5.69 Å². The summed E-state index contributed by atoms with van der Waals surface area (Å²) in [6.07, 6.45) is 0.733. The van der Waals surface area contributed by atoms with Crippen LogP contribution in [0.1, 0.15) is 35.5 Å². The maximum absolute atomic E-state index is 13.3. The van der Waals surface area contributed by atoms with E-state index in [1.807, 2.05) is 31.2 Å². The van der Waals surface area contributed by atoms with Crippen molar-refractivity contribution in [2.24, 2.45) is 0 Å². The number of hydrogen-bond donors (Lipinski definition) is 1. The van der Waals surface area contributed by atoms with E-state index in [4.69, 9.17) is 9.72 Å². The lowest BCUT2D eigenvalue weighted by atomic mass is 10.2. The molecule has 3 aromatic rings. The summed E-state index contributed by atoms with van der Waals surface area (Å²) in [5.41, 5.74) is 3.51. The number of amides is 1. The molecular weight excluding hydrogens is 470 g/mol. The highest BCUT2D eigenvalue weighted by Gasteiger charge is 2.27. The first-order valence-electron chi connectivity index (χ1n) is 10.9. The first kappa shape index (κ1) is 24.1. The van der Waals surface area contributed by atoms with Gasteiger partial charge in [0.25, 0.3) is 5.56 Å². The lowest BCUT2D eigenvalue weighted by Gasteiger charge is -2.14. The van der Waals surface area contributed by atoms with Gasteiger partial charge in [0.15, 0.2) is 5.16 Å². The van der Waals surface area contributed by atoms with Crippen molar-refractivity contribution in [1.29, 1.82) is 0 Å². The van der Waals surface area contributed by atoms with Crippen molar-refractivity contribution in [1.82, 2.24) is 9.55 Å². The summed E-state index contributed by atoms with van der Waals surface area (Å²) < 4.78 is 6.57. The molecule has 0 saturated carbocycles. The Hall–Kier alpha value is -3.04. The minimum atomic E-state index is -0.403. The number of aromatic nitrogens is 2. The number of carbonyl (C=O) groups excluding carboxylic acids is 2. The number of aryl methyl sites for hydroxylation is 1. The molecule has 34 heavy (non-hydrogen) atoms. The second kappa shape index (κ2) is 10.5. The highest BCUT2D eigenvalue weighted by Crippen LogP contribution is 2.35. The summed E-state index contributed by atoms with van der Waals surface area (Å²) in [7, 11) is 0. The van der Waals surface area contributed by atoms with Crippen molar-refractivity contribution in [3.05, 3.63) is 75.7 Å². The third-order valence-corrected chi connectivity index (χ3v) is 7.34. The number of rotatable bonds is 7. The van der Waals surface area contributed by atoms with Crippen molar-refractivity contribution < 1.29 is 14.3 Å². The first-order valence-corrected chi connectivity index (χ1v) is 12.8. The molecule has 0 radical (unpaired) electrons. The molecule has 0 aliphatic carbocycles. The fraction of sp³-hybridized carbons (Fsp3) is 0.280. The largest absolute Gasteiger partial charge is 0.462 e. The molecule has 0 bridgehead atoms. The van der Waals surface area contributed by atoms with Crippen LogP contribution in [0.4, 0.5) is 5.69 Å². The van der Waals surface area contributed by atoms with Gasteiger partial charge in [0.05, 0.1) is 34.2 Å². The van der Waals surface area contributed by atoms with Gasteiger partial charge in [-0.2, -0.15) is 0 Å². The molecule has 1 aliphatic rings.